The van der Waals surface area contributed by atoms with Crippen LogP contribution < -0.4 is 19.2 Å². The van der Waals surface area contributed by atoms with Crippen molar-refractivity contribution in [1.82, 2.24) is 4.98 Å². The van der Waals surface area contributed by atoms with Crippen LogP contribution in [0.1, 0.15) is 28.3 Å². The molecule has 7 atom stereocenters. The van der Waals surface area contributed by atoms with Gasteiger partial charge in [0.2, 0.25) is 11.8 Å². The molecule has 2 saturated carbocycles. The highest BCUT2D eigenvalue weighted by molar-refractivity contribution is 9.10. The van der Waals surface area contributed by atoms with E-state index in [0.717, 1.165) is 31.9 Å². The van der Waals surface area contributed by atoms with Crippen molar-refractivity contribution in [3.63, 3.8) is 0 Å². The number of fused-ring (bicyclic) bond motifs is 9. The number of methoxy groups -OCH3 is 1. The fourth-order valence-corrected chi connectivity index (χ4v) is 11.4. The van der Waals surface area contributed by atoms with Crippen LogP contribution in [0.4, 0.5) is 5.69 Å². The van der Waals surface area contributed by atoms with Gasteiger partial charge in [-0.3, -0.25) is 19.3 Å². The maximum Gasteiger partial charge on any atom is 0.305 e. The van der Waals surface area contributed by atoms with Crippen molar-refractivity contribution in [2.75, 3.05) is 12.0 Å². The van der Waals surface area contributed by atoms with E-state index in [0.29, 0.717) is 28.8 Å². The summed E-state index contributed by atoms with van der Waals surface area (Å²) in [7, 11) is 1.62. The number of aromatic nitrogens is 1. The summed E-state index contributed by atoms with van der Waals surface area (Å²) in [6.07, 6.45) is 0.830. The number of aromatic amines is 1. The number of carbonyl (C=O) groups excluding carboxylic acids is 2. The highest BCUT2D eigenvalue weighted by Crippen LogP contribution is 2.68. The number of benzene rings is 3. The normalized spacial score (nSPS) is 28.2. The zero-order valence-corrected chi connectivity index (χ0v) is 27.3. The van der Waals surface area contributed by atoms with Crippen LogP contribution in [-0.4, -0.2) is 29.2 Å². The summed E-state index contributed by atoms with van der Waals surface area (Å²) >= 11 is 12.5. The highest BCUT2D eigenvalue weighted by Gasteiger charge is 2.69. The second kappa shape index (κ2) is 10.8. The molecule has 11 heteroatoms. The molecule has 2 aliphatic carbocycles. The van der Waals surface area contributed by atoms with E-state index in [1.807, 2.05) is 66.7 Å². The molecule has 0 radical (unpaired) electrons. The molecule has 2 aliphatic heterocycles. The summed E-state index contributed by atoms with van der Waals surface area (Å²) in [6.45, 7) is 0.336. The number of amides is 2. The first-order chi connectivity index (χ1) is 21.3. The number of imide groups is 1. The Hall–Kier alpha value is -3.05. The van der Waals surface area contributed by atoms with E-state index in [9.17, 15) is 14.4 Å². The summed E-state index contributed by atoms with van der Waals surface area (Å²) in [5.74, 6) is 0.358. The highest BCUT2D eigenvalue weighted by atomic mass is 79.9. The molecule has 3 heterocycles. The van der Waals surface area contributed by atoms with Crippen molar-refractivity contribution in [1.29, 1.82) is 0 Å². The van der Waals surface area contributed by atoms with Crippen LogP contribution in [0.5, 0.6) is 11.5 Å². The number of nitrogens with one attached hydrogen (secondary N) is 1. The number of ether oxygens (including phenoxy) is 2. The maximum atomic E-state index is 14.0. The van der Waals surface area contributed by atoms with Gasteiger partial charge in [0.1, 0.15) is 6.61 Å². The fourth-order valence-electron chi connectivity index (χ4n) is 8.02. The third-order valence-corrected chi connectivity index (χ3v) is 13.0. The Balaban J connectivity index is 1.15. The molecule has 4 aromatic rings. The minimum atomic E-state index is -0.361. The Morgan fingerprint density at radius 2 is 1.75 bits per heavy atom. The third-order valence-electron chi connectivity index (χ3n) is 9.64. The Labute approximate surface area is 275 Å². The lowest BCUT2D eigenvalue weighted by Gasteiger charge is -2.43. The van der Waals surface area contributed by atoms with Gasteiger partial charge in [0.05, 0.1) is 29.7 Å². The van der Waals surface area contributed by atoms with Crippen molar-refractivity contribution in [2.24, 2.45) is 29.6 Å². The minimum Gasteiger partial charge on any atom is -0.493 e. The molecule has 1 aromatic heterocycles. The smallest absolute Gasteiger partial charge is 0.305 e. The van der Waals surface area contributed by atoms with E-state index in [1.54, 1.807) is 18.9 Å². The van der Waals surface area contributed by atoms with E-state index in [2.05, 4.69) is 20.9 Å². The van der Waals surface area contributed by atoms with E-state index in [1.165, 1.54) is 16.2 Å². The fraction of sp³-hybridized carbons (Fsp3) is 0.303. The van der Waals surface area contributed by atoms with Gasteiger partial charge < -0.3 is 14.5 Å². The molecule has 3 fully saturated rings. The monoisotopic (exact) mass is 708 g/mol. The molecule has 2 bridgehead atoms. The standard InChI is InChI=1S/C33H26BrClN2O5S2/c1-41-23-12-16(5-10-22(23)42-14-15-3-2-4-18(35)11-15)24-25-20-13-21(28(25)43-30-29(24)44-33(40)36-30)27-26(20)31(38)37(32(27)39)19-8-6-17(34)7-9-19/h2-12,20-21,24-28H,13-14H2,1H3,(H,36,40)/t20-,21-,24+,25+,26+,27+,28-/m1/s1. The molecule has 8 rings (SSSR count). The number of hydrogen-bond donors (Lipinski definition) is 1. The summed E-state index contributed by atoms with van der Waals surface area (Å²) < 4.78 is 12.8. The Morgan fingerprint density at radius 3 is 2.50 bits per heavy atom. The van der Waals surface area contributed by atoms with Gasteiger partial charge in [-0.15, -0.1) is 11.8 Å². The largest absolute Gasteiger partial charge is 0.493 e. The van der Waals surface area contributed by atoms with Gasteiger partial charge in [0.25, 0.3) is 0 Å². The molecular formula is C33H26BrClN2O5S2. The summed E-state index contributed by atoms with van der Waals surface area (Å²) in [4.78, 5) is 45.8. The quantitative estimate of drug-likeness (QED) is 0.215. The molecule has 1 saturated heterocycles. The second-order valence-electron chi connectivity index (χ2n) is 11.8. The Bertz CT molecular complexity index is 1880. The Morgan fingerprint density at radius 1 is 0.977 bits per heavy atom. The van der Waals surface area contributed by atoms with Gasteiger partial charge in [-0.2, -0.15) is 0 Å². The molecular weight excluding hydrogens is 684 g/mol. The third kappa shape index (κ3) is 4.40. The van der Waals surface area contributed by atoms with E-state index < -0.39 is 0 Å². The van der Waals surface area contributed by atoms with Crippen LogP contribution in [-0.2, 0) is 16.2 Å². The number of hydrogen-bond acceptors (Lipinski definition) is 7. The zero-order chi connectivity index (χ0) is 30.3. The zero-order valence-electron chi connectivity index (χ0n) is 23.4. The van der Waals surface area contributed by atoms with Crippen molar-refractivity contribution >= 4 is 68.1 Å². The lowest BCUT2D eigenvalue weighted by atomic mass is 9.68. The number of halogens is 2. The number of thiazole rings is 1. The van der Waals surface area contributed by atoms with Crippen LogP contribution >= 0.6 is 50.6 Å². The molecule has 224 valence electrons. The lowest BCUT2D eigenvalue weighted by Crippen LogP contribution is -2.42. The molecule has 3 aromatic carbocycles. The van der Waals surface area contributed by atoms with Gasteiger partial charge in [-0.1, -0.05) is 57.1 Å². The number of anilines is 1. The predicted molar refractivity (Wildman–Crippen MR) is 174 cm³/mol. The molecule has 0 spiro atoms. The van der Waals surface area contributed by atoms with Crippen molar-refractivity contribution in [3.05, 3.63) is 102 Å². The first-order valence-electron chi connectivity index (χ1n) is 14.4. The maximum absolute atomic E-state index is 14.0. The summed E-state index contributed by atoms with van der Waals surface area (Å²) in [6, 6.07) is 20.8. The van der Waals surface area contributed by atoms with Crippen LogP contribution in [0.3, 0.4) is 0 Å². The molecule has 7 nitrogen and oxygen atoms in total. The van der Waals surface area contributed by atoms with Gasteiger partial charge >= 0.3 is 4.87 Å². The molecule has 4 aliphatic rings. The summed E-state index contributed by atoms with van der Waals surface area (Å²) in [5.41, 5.74) is 2.57. The number of carbonyl (C=O) groups is 2. The van der Waals surface area contributed by atoms with Gasteiger partial charge in [0.15, 0.2) is 11.5 Å². The molecule has 44 heavy (non-hydrogen) atoms. The summed E-state index contributed by atoms with van der Waals surface area (Å²) in [5, 5.41) is 1.63. The van der Waals surface area contributed by atoms with E-state index >= 15 is 0 Å². The SMILES string of the molecule is COc1cc([C@@H]2c3sc(=O)[nH]c3S[C@@H]3[C@@H]4C[C@@H]([C@@H]5C(=O)N(c6ccc(Br)cc6)C(=O)[C@@H]45)[C@@H]23)ccc1OCc1cccc(Cl)c1. The lowest BCUT2D eigenvalue weighted by molar-refractivity contribution is -0.123. The molecule has 1 N–H and O–H groups in total. The van der Waals surface area contributed by atoms with Gasteiger partial charge in [-0.25, -0.2) is 0 Å². The average molecular weight is 710 g/mol. The number of H-pyrrole nitrogens is 1. The van der Waals surface area contributed by atoms with Crippen LogP contribution in [0.2, 0.25) is 5.02 Å². The average Bonchev–Trinajstić information content (AvgIpc) is 3.75. The van der Waals surface area contributed by atoms with Gasteiger partial charge in [-0.05, 0) is 83.8 Å². The van der Waals surface area contributed by atoms with Crippen molar-refractivity contribution in [3.8, 4) is 11.5 Å². The van der Waals surface area contributed by atoms with E-state index in [4.69, 9.17) is 21.1 Å². The predicted octanol–water partition coefficient (Wildman–Crippen LogP) is 7.12. The van der Waals surface area contributed by atoms with Crippen LogP contribution in [0.15, 0.2) is 81.0 Å². The Kier molecular flexibility index (Phi) is 6.97. The minimum absolute atomic E-state index is 0.0273. The van der Waals surface area contributed by atoms with Crippen LogP contribution in [0, 0.1) is 29.6 Å². The van der Waals surface area contributed by atoms with E-state index in [-0.39, 0.29) is 57.4 Å². The first-order valence-corrected chi connectivity index (χ1v) is 17.3. The first kappa shape index (κ1) is 28.4. The molecule has 2 amide bonds. The van der Waals surface area contributed by atoms with Crippen molar-refractivity contribution in [2.45, 2.75) is 29.2 Å². The number of nitrogens with zero attached hydrogens (tertiary/aromatic N) is 1. The number of thioether (sulfide) groups is 1. The topological polar surface area (TPSA) is 88.7 Å². The van der Waals surface area contributed by atoms with Crippen LogP contribution in [0.25, 0.3) is 0 Å². The van der Waals surface area contributed by atoms with Crippen molar-refractivity contribution < 1.29 is 19.1 Å². The van der Waals surface area contributed by atoms with Gasteiger partial charge in [0, 0.05) is 25.5 Å². The second-order valence-corrected chi connectivity index (χ2v) is 15.3. The number of rotatable bonds is 6. The molecule has 0 unspecified atom stereocenters.